The van der Waals surface area contributed by atoms with E-state index in [1.807, 2.05) is 68.4 Å². The lowest BCUT2D eigenvalue weighted by Gasteiger charge is -2.31. The molecule has 0 radical (unpaired) electrons. The van der Waals surface area contributed by atoms with Gasteiger partial charge >= 0.3 is 6.18 Å². The van der Waals surface area contributed by atoms with E-state index in [0.717, 1.165) is 23.3 Å². The quantitative estimate of drug-likeness (QED) is 0.0847. The van der Waals surface area contributed by atoms with Crippen molar-refractivity contribution in [2.24, 2.45) is 0 Å². The topological polar surface area (TPSA) is 116 Å². The molecule has 0 aliphatic rings. The standard InChI is InChI=1S/C40H55F3N2O9/c1-5-47-16-17-48-18-19-49-20-21-50-22-23-51-24-25-52-26-27-53-35-13-9-12-33(29-35)36(28-32-10-7-6-8-11-32)31(2)45-38(46)39(3,4)54-37-15-14-34(30-44-37)40(41,42)43/h6-15,29-31,36H,5,16-28H2,1-4H3,(H,45,46). The summed E-state index contributed by atoms with van der Waals surface area (Å²) in [5.41, 5.74) is -0.280. The van der Waals surface area contributed by atoms with Gasteiger partial charge in [0.2, 0.25) is 5.88 Å². The van der Waals surface area contributed by atoms with Crippen molar-refractivity contribution in [1.82, 2.24) is 10.3 Å². The SMILES string of the molecule is CCOCCOCCOCCOCCOCCOCCOc1cccc(C(Cc2ccccc2)C(C)NC(=O)C(C)(C)Oc2ccc(C(F)(F)F)cn2)c1. The Labute approximate surface area is 316 Å². The van der Waals surface area contributed by atoms with Crippen LogP contribution in [0.4, 0.5) is 13.2 Å². The highest BCUT2D eigenvalue weighted by Crippen LogP contribution is 2.31. The van der Waals surface area contributed by atoms with Gasteiger partial charge in [0.25, 0.3) is 5.91 Å². The minimum atomic E-state index is -4.53. The van der Waals surface area contributed by atoms with Gasteiger partial charge < -0.3 is 43.2 Å². The number of rotatable bonds is 28. The van der Waals surface area contributed by atoms with E-state index in [0.29, 0.717) is 104 Å². The molecule has 2 atom stereocenters. The fraction of sp³-hybridized carbons (Fsp3) is 0.550. The minimum absolute atomic E-state index is 0.0902. The van der Waals surface area contributed by atoms with Crippen LogP contribution in [0.15, 0.2) is 72.9 Å². The maximum atomic E-state index is 13.5. The number of hydrogen-bond donors (Lipinski definition) is 1. The molecular weight excluding hydrogens is 709 g/mol. The number of ether oxygens (including phenoxy) is 8. The number of pyridine rings is 1. The number of benzene rings is 2. The van der Waals surface area contributed by atoms with Gasteiger partial charge in [-0.25, -0.2) is 4.98 Å². The van der Waals surface area contributed by atoms with Crippen molar-refractivity contribution < 1.29 is 55.9 Å². The zero-order chi connectivity index (χ0) is 39.1. The summed E-state index contributed by atoms with van der Waals surface area (Å²) in [5.74, 6) is -0.0172. The van der Waals surface area contributed by atoms with Crippen LogP contribution in [-0.2, 0) is 45.8 Å². The summed E-state index contributed by atoms with van der Waals surface area (Å²) in [6.45, 7) is 13.3. The van der Waals surface area contributed by atoms with Gasteiger partial charge in [0, 0.05) is 30.8 Å². The smallest absolute Gasteiger partial charge is 0.417 e. The van der Waals surface area contributed by atoms with Gasteiger partial charge in [0.05, 0.1) is 78.2 Å². The Hall–Kier alpha value is -3.79. The van der Waals surface area contributed by atoms with E-state index in [4.69, 9.17) is 37.9 Å². The molecule has 2 aromatic carbocycles. The maximum Gasteiger partial charge on any atom is 0.417 e. The molecular formula is C40H55F3N2O9. The molecule has 0 fully saturated rings. The number of alkyl halides is 3. The maximum absolute atomic E-state index is 13.5. The molecule has 1 aromatic heterocycles. The van der Waals surface area contributed by atoms with Crippen molar-refractivity contribution in [3.05, 3.63) is 89.6 Å². The predicted octanol–water partition coefficient (Wildman–Crippen LogP) is 6.29. The van der Waals surface area contributed by atoms with Crippen LogP contribution in [0.5, 0.6) is 11.6 Å². The summed E-state index contributed by atoms with van der Waals surface area (Å²) < 4.78 is 83.4. The van der Waals surface area contributed by atoms with Crippen LogP contribution in [0.1, 0.15) is 50.3 Å². The van der Waals surface area contributed by atoms with Crippen molar-refractivity contribution in [3.63, 3.8) is 0 Å². The van der Waals surface area contributed by atoms with E-state index < -0.39 is 23.2 Å². The Morgan fingerprint density at radius 2 is 1.28 bits per heavy atom. The summed E-state index contributed by atoms with van der Waals surface area (Å²) >= 11 is 0. The van der Waals surface area contributed by atoms with Crippen LogP contribution in [0, 0.1) is 0 Å². The molecule has 0 aliphatic carbocycles. The fourth-order valence-electron chi connectivity index (χ4n) is 5.15. The number of nitrogens with one attached hydrogen (secondary N) is 1. The van der Waals surface area contributed by atoms with Crippen molar-refractivity contribution in [1.29, 1.82) is 0 Å². The van der Waals surface area contributed by atoms with Crippen LogP contribution < -0.4 is 14.8 Å². The number of amides is 1. The molecule has 14 heteroatoms. The number of carbonyl (C=O) groups excluding carboxylic acids is 1. The van der Waals surface area contributed by atoms with E-state index >= 15 is 0 Å². The highest BCUT2D eigenvalue weighted by molar-refractivity contribution is 5.85. The van der Waals surface area contributed by atoms with Crippen LogP contribution in [-0.4, -0.2) is 108 Å². The molecule has 1 N–H and O–H groups in total. The number of carbonyl (C=O) groups is 1. The van der Waals surface area contributed by atoms with Crippen molar-refractivity contribution in [2.45, 2.75) is 57.9 Å². The lowest BCUT2D eigenvalue weighted by molar-refractivity contribution is -0.138. The Balaban J connectivity index is 1.40. The second-order valence-electron chi connectivity index (χ2n) is 12.7. The molecule has 0 bridgehead atoms. The lowest BCUT2D eigenvalue weighted by atomic mass is 9.86. The highest BCUT2D eigenvalue weighted by atomic mass is 19.4. The van der Waals surface area contributed by atoms with Crippen molar-refractivity contribution in [3.8, 4) is 11.6 Å². The van der Waals surface area contributed by atoms with Crippen LogP contribution in [0.2, 0.25) is 0 Å². The van der Waals surface area contributed by atoms with E-state index in [-0.39, 0.29) is 17.8 Å². The first kappa shape index (κ1) is 44.6. The Kier molecular flexibility index (Phi) is 20.3. The molecule has 0 saturated carbocycles. The first-order chi connectivity index (χ1) is 26.0. The number of nitrogens with zero attached hydrogens (tertiary/aromatic N) is 1. The van der Waals surface area contributed by atoms with Crippen LogP contribution in [0.25, 0.3) is 0 Å². The van der Waals surface area contributed by atoms with Gasteiger partial charge in [-0.3, -0.25) is 4.79 Å². The molecule has 1 heterocycles. The average molecular weight is 765 g/mol. The van der Waals surface area contributed by atoms with Crippen molar-refractivity contribution in [2.75, 3.05) is 85.9 Å². The monoisotopic (exact) mass is 764 g/mol. The summed E-state index contributed by atoms with van der Waals surface area (Å²) in [6.07, 6.45) is -3.22. The average Bonchev–Trinajstić information content (AvgIpc) is 3.15. The molecule has 3 aromatic rings. The molecule has 54 heavy (non-hydrogen) atoms. The van der Waals surface area contributed by atoms with Gasteiger partial charge in [-0.2, -0.15) is 13.2 Å². The second kappa shape index (κ2) is 24.6. The second-order valence-corrected chi connectivity index (χ2v) is 12.7. The molecule has 0 saturated heterocycles. The third kappa shape index (κ3) is 17.6. The normalized spacial score (nSPS) is 13.0. The first-order valence-corrected chi connectivity index (χ1v) is 18.3. The molecule has 0 aliphatic heterocycles. The van der Waals surface area contributed by atoms with E-state index in [9.17, 15) is 18.0 Å². The van der Waals surface area contributed by atoms with E-state index in [1.165, 1.54) is 0 Å². The fourth-order valence-corrected chi connectivity index (χ4v) is 5.15. The van der Waals surface area contributed by atoms with Gasteiger partial charge in [-0.15, -0.1) is 0 Å². The van der Waals surface area contributed by atoms with E-state index in [1.54, 1.807) is 13.8 Å². The van der Waals surface area contributed by atoms with Crippen LogP contribution in [0.3, 0.4) is 0 Å². The Bertz CT molecular complexity index is 1450. The molecule has 2 unspecified atom stereocenters. The largest absolute Gasteiger partial charge is 0.491 e. The summed E-state index contributed by atoms with van der Waals surface area (Å²) in [5, 5.41) is 3.06. The number of hydrogen-bond acceptors (Lipinski definition) is 10. The first-order valence-electron chi connectivity index (χ1n) is 18.3. The molecule has 1 amide bonds. The zero-order valence-corrected chi connectivity index (χ0v) is 31.7. The Morgan fingerprint density at radius 1 is 0.722 bits per heavy atom. The van der Waals surface area contributed by atoms with Gasteiger partial charge in [-0.05, 0) is 63.4 Å². The van der Waals surface area contributed by atoms with E-state index in [2.05, 4.69) is 10.3 Å². The molecule has 3 rings (SSSR count). The summed E-state index contributed by atoms with van der Waals surface area (Å²) in [7, 11) is 0. The van der Waals surface area contributed by atoms with Gasteiger partial charge in [0.1, 0.15) is 12.4 Å². The third-order valence-electron chi connectivity index (χ3n) is 8.08. The third-order valence-corrected chi connectivity index (χ3v) is 8.08. The number of halogens is 3. The lowest BCUT2D eigenvalue weighted by Crippen LogP contribution is -2.51. The van der Waals surface area contributed by atoms with Gasteiger partial charge in [-0.1, -0.05) is 42.5 Å². The summed E-state index contributed by atoms with van der Waals surface area (Å²) in [4.78, 5) is 17.2. The zero-order valence-electron chi connectivity index (χ0n) is 31.7. The molecule has 0 spiro atoms. The highest BCUT2D eigenvalue weighted by Gasteiger charge is 2.35. The van der Waals surface area contributed by atoms with Crippen molar-refractivity contribution >= 4 is 5.91 Å². The molecule has 11 nitrogen and oxygen atoms in total. The minimum Gasteiger partial charge on any atom is -0.491 e. The Morgan fingerprint density at radius 3 is 1.80 bits per heavy atom. The predicted molar refractivity (Wildman–Crippen MR) is 197 cm³/mol. The van der Waals surface area contributed by atoms with Gasteiger partial charge in [0.15, 0.2) is 5.60 Å². The summed E-state index contributed by atoms with van der Waals surface area (Å²) in [6, 6.07) is 19.3. The number of aromatic nitrogens is 1. The van der Waals surface area contributed by atoms with Crippen LogP contribution >= 0.6 is 0 Å². The molecule has 300 valence electrons.